The molecule has 0 saturated carbocycles. The lowest BCUT2D eigenvalue weighted by Crippen LogP contribution is -2.26. The van der Waals surface area contributed by atoms with Gasteiger partial charge in [0.05, 0.1) is 16.4 Å². The molecule has 0 aliphatic carbocycles. The van der Waals surface area contributed by atoms with Gasteiger partial charge >= 0.3 is 0 Å². The van der Waals surface area contributed by atoms with Crippen molar-refractivity contribution in [1.29, 1.82) is 0 Å². The Morgan fingerprint density at radius 2 is 1.96 bits per heavy atom. The number of aromatic hydroxyl groups is 1. The van der Waals surface area contributed by atoms with Crippen molar-refractivity contribution in [2.45, 2.75) is 11.7 Å². The lowest BCUT2D eigenvalue weighted by atomic mass is 10.1. The summed E-state index contributed by atoms with van der Waals surface area (Å²) in [5, 5.41) is 30.6. The Bertz CT molecular complexity index is 896. The maximum Gasteiger partial charge on any atom is 0.272 e. The predicted molar refractivity (Wildman–Crippen MR) is 99.5 cm³/mol. The van der Waals surface area contributed by atoms with Crippen molar-refractivity contribution >= 4 is 34.7 Å². The van der Waals surface area contributed by atoms with Gasteiger partial charge in [-0.05, 0) is 29.8 Å². The van der Waals surface area contributed by atoms with Crippen LogP contribution in [0.1, 0.15) is 11.1 Å². The summed E-state index contributed by atoms with van der Waals surface area (Å²) in [6.45, 7) is 0. The van der Waals surface area contributed by atoms with Crippen molar-refractivity contribution in [3.05, 3.63) is 69.8 Å². The summed E-state index contributed by atoms with van der Waals surface area (Å²) in [7, 11) is 0. The van der Waals surface area contributed by atoms with Gasteiger partial charge in [0.2, 0.25) is 5.91 Å². The van der Waals surface area contributed by atoms with Crippen LogP contribution in [0.4, 0.5) is 5.69 Å². The fourth-order valence-corrected chi connectivity index (χ4v) is 3.31. The molecule has 1 heterocycles. The minimum atomic E-state index is -0.501. The van der Waals surface area contributed by atoms with Gasteiger partial charge in [0.1, 0.15) is 5.75 Å². The third-order valence-corrected chi connectivity index (χ3v) is 4.69. The number of nitro groups is 1. The number of nitrogens with one attached hydrogen (secondary N) is 1. The first-order chi connectivity index (χ1) is 12.5. The van der Waals surface area contributed by atoms with Crippen LogP contribution in [0.15, 0.2) is 58.7 Å². The van der Waals surface area contributed by atoms with Crippen LogP contribution >= 0.6 is 11.8 Å². The van der Waals surface area contributed by atoms with E-state index in [1.54, 1.807) is 30.3 Å². The Balaban J connectivity index is 1.67. The Hall–Kier alpha value is -3.20. The molecule has 1 unspecified atom stereocenters. The first kappa shape index (κ1) is 17.6. The molecule has 3 rings (SSSR count). The molecular formula is C17H14N4O4S. The van der Waals surface area contributed by atoms with Gasteiger partial charge in [0, 0.05) is 18.1 Å². The second kappa shape index (κ2) is 7.79. The fraction of sp³-hybridized carbons (Fsp3) is 0.118. The number of phenolic OH excluding ortho intramolecular Hbond substituents is 1. The van der Waals surface area contributed by atoms with Crippen molar-refractivity contribution in [3.8, 4) is 5.75 Å². The molecule has 1 aliphatic rings. The third-order valence-electron chi connectivity index (χ3n) is 3.62. The Morgan fingerprint density at radius 1 is 1.23 bits per heavy atom. The normalized spacial score (nSPS) is 18.4. The van der Waals surface area contributed by atoms with Crippen molar-refractivity contribution in [2.24, 2.45) is 10.2 Å². The van der Waals surface area contributed by atoms with E-state index in [1.807, 2.05) is 0 Å². The average molecular weight is 370 g/mol. The van der Waals surface area contributed by atoms with Crippen LogP contribution in [0.25, 0.3) is 0 Å². The van der Waals surface area contributed by atoms with Gasteiger partial charge in [-0.1, -0.05) is 30.0 Å². The van der Waals surface area contributed by atoms with E-state index in [0.717, 1.165) is 5.56 Å². The van der Waals surface area contributed by atoms with Crippen LogP contribution < -0.4 is 5.32 Å². The quantitative estimate of drug-likeness (QED) is 0.476. The van der Waals surface area contributed by atoms with E-state index in [4.69, 9.17) is 0 Å². The van der Waals surface area contributed by atoms with Crippen LogP contribution in [0, 0.1) is 10.1 Å². The lowest BCUT2D eigenvalue weighted by Gasteiger charge is -2.05. The standard InChI is InChI=1S/C17H14N4O4S/c22-13-7-5-11(6-8-13)10-18-20-17-19-16(23)15(26-17)9-12-3-1-2-4-14(12)21(24)25/h1-8,10,15,22H,9H2,(H,19,20,23)/b18-10+. The zero-order chi connectivity index (χ0) is 18.5. The topological polar surface area (TPSA) is 117 Å². The van der Waals surface area contributed by atoms with E-state index in [2.05, 4.69) is 15.5 Å². The molecule has 0 spiro atoms. The largest absolute Gasteiger partial charge is 0.508 e. The molecule has 1 aliphatic heterocycles. The number of rotatable bonds is 5. The van der Waals surface area contributed by atoms with Gasteiger partial charge in [0.25, 0.3) is 5.69 Å². The highest BCUT2D eigenvalue weighted by atomic mass is 32.2. The monoisotopic (exact) mass is 370 g/mol. The number of thioether (sulfide) groups is 1. The zero-order valence-electron chi connectivity index (χ0n) is 13.4. The fourth-order valence-electron chi connectivity index (χ4n) is 2.36. The van der Waals surface area contributed by atoms with Gasteiger partial charge in [0.15, 0.2) is 5.17 Å². The third kappa shape index (κ3) is 4.25. The number of amides is 1. The maximum atomic E-state index is 12.1. The van der Waals surface area contributed by atoms with Crippen LogP contribution in [0.2, 0.25) is 0 Å². The zero-order valence-corrected chi connectivity index (χ0v) is 14.2. The minimum absolute atomic E-state index is 0.00311. The smallest absolute Gasteiger partial charge is 0.272 e. The van der Waals surface area contributed by atoms with Crippen molar-refractivity contribution in [3.63, 3.8) is 0 Å². The molecule has 1 atom stereocenters. The van der Waals surface area contributed by atoms with Crippen LogP contribution in [-0.2, 0) is 11.2 Å². The van der Waals surface area contributed by atoms with Crippen molar-refractivity contribution in [1.82, 2.24) is 5.32 Å². The summed E-state index contributed by atoms with van der Waals surface area (Å²) >= 11 is 1.18. The number of amidine groups is 1. The van der Waals surface area contributed by atoms with E-state index in [0.29, 0.717) is 10.7 Å². The number of benzene rings is 2. The van der Waals surface area contributed by atoms with E-state index in [1.165, 1.54) is 36.2 Å². The molecule has 1 saturated heterocycles. The lowest BCUT2D eigenvalue weighted by molar-refractivity contribution is -0.385. The molecule has 0 aromatic heterocycles. The highest BCUT2D eigenvalue weighted by molar-refractivity contribution is 8.15. The van der Waals surface area contributed by atoms with Gasteiger partial charge in [-0.15, -0.1) is 5.10 Å². The van der Waals surface area contributed by atoms with Gasteiger partial charge in [-0.2, -0.15) is 5.10 Å². The Kier molecular flexibility index (Phi) is 5.28. The number of hydrogen-bond acceptors (Lipinski definition) is 7. The average Bonchev–Trinajstić information content (AvgIpc) is 2.96. The molecule has 26 heavy (non-hydrogen) atoms. The second-order valence-electron chi connectivity index (χ2n) is 5.43. The summed E-state index contributed by atoms with van der Waals surface area (Å²) in [5.74, 6) is -0.100. The van der Waals surface area contributed by atoms with E-state index in [-0.39, 0.29) is 23.8 Å². The molecule has 9 heteroatoms. The number of phenols is 1. The summed E-state index contributed by atoms with van der Waals surface area (Å²) in [5.41, 5.74) is 1.24. The van der Waals surface area contributed by atoms with Crippen molar-refractivity contribution in [2.75, 3.05) is 0 Å². The molecule has 1 fully saturated rings. The highest BCUT2D eigenvalue weighted by Crippen LogP contribution is 2.27. The SMILES string of the molecule is O=C1N/C(=N\N=C\c2ccc(O)cc2)SC1Cc1ccccc1[N+](=O)[O-]. The molecule has 2 aromatic carbocycles. The summed E-state index contributed by atoms with van der Waals surface area (Å²) < 4.78 is 0. The molecule has 1 amide bonds. The number of hydrogen-bond donors (Lipinski definition) is 2. The number of nitrogens with zero attached hydrogens (tertiary/aromatic N) is 3. The summed E-state index contributed by atoms with van der Waals surface area (Å²) in [6, 6.07) is 12.8. The first-order valence-corrected chi connectivity index (χ1v) is 8.51. The summed E-state index contributed by atoms with van der Waals surface area (Å²) in [6.07, 6.45) is 1.73. The molecular weight excluding hydrogens is 356 g/mol. The van der Waals surface area contributed by atoms with E-state index < -0.39 is 10.2 Å². The maximum absolute atomic E-state index is 12.1. The van der Waals surface area contributed by atoms with Gasteiger partial charge in [-0.3, -0.25) is 14.9 Å². The molecule has 132 valence electrons. The highest BCUT2D eigenvalue weighted by Gasteiger charge is 2.32. The molecule has 0 bridgehead atoms. The number of carbonyl (C=O) groups excluding carboxylic acids is 1. The van der Waals surface area contributed by atoms with Crippen LogP contribution in [-0.4, -0.2) is 32.6 Å². The number of carbonyl (C=O) groups is 1. The van der Waals surface area contributed by atoms with E-state index >= 15 is 0 Å². The Morgan fingerprint density at radius 3 is 2.69 bits per heavy atom. The molecule has 2 N–H and O–H groups in total. The molecule has 2 aromatic rings. The summed E-state index contributed by atoms with van der Waals surface area (Å²) in [4.78, 5) is 22.7. The molecule has 0 radical (unpaired) electrons. The first-order valence-electron chi connectivity index (χ1n) is 7.63. The van der Waals surface area contributed by atoms with E-state index in [9.17, 15) is 20.0 Å². The Labute approximate surface area is 152 Å². The van der Waals surface area contributed by atoms with Crippen LogP contribution in [0.3, 0.4) is 0 Å². The number of para-hydroxylation sites is 1. The predicted octanol–water partition coefficient (Wildman–Crippen LogP) is 2.46. The number of nitro benzene ring substituents is 1. The molecule has 8 nitrogen and oxygen atoms in total. The van der Waals surface area contributed by atoms with Gasteiger partial charge in [-0.25, -0.2) is 0 Å². The van der Waals surface area contributed by atoms with Crippen LogP contribution in [0.5, 0.6) is 5.75 Å². The second-order valence-corrected chi connectivity index (χ2v) is 6.62. The van der Waals surface area contributed by atoms with Gasteiger partial charge < -0.3 is 10.4 Å². The van der Waals surface area contributed by atoms with Crippen molar-refractivity contribution < 1.29 is 14.8 Å². The minimum Gasteiger partial charge on any atom is -0.508 e.